The summed E-state index contributed by atoms with van der Waals surface area (Å²) in [5, 5.41) is 0.646. The first-order valence-corrected chi connectivity index (χ1v) is 7.46. The van der Waals surface area contributed by atoms with Gasteiger partial charge in [-0.2, -0.15) is 0 Å². The van der Waals surface area contributed by atoms with Gasteiger partial charge in [0, 0.05) is 11.1 Å². The normalized spacial score (nSPS) is 10.6. The fraction of sp³-hybridized carbons (Fsp3) is 0.0588. The second-order valence-corrected chi connectivity index (χ2v) is 5.44. The molecule has 0 bridgehead atoms. The molecule has 1 aromatic heterocycles. The monoisotopic (exact) mass is 347 g/mol. The van der Waals surface area contributed by atoms with Crippen LogP contribution in [0, 0.1) is 0 Å². The maximum absolute atomic E-state index is 12.0. The zero-order valence-electron chi connectivity index (χ0n) is 12.0. The van der Waals surface area contributed by atoms with E-state index in [-0.39, 0.29) is 16.5 Å². The fourth-order valence-electron chi connectivity index (χ4n) is 2.12. The second kappa shape index (κ2) is 6.44. The van der Waals surface area contributed by atoms with Gasteiger partial charge in [-0.05, 0) is 24.3 Å². The molecule has 0 saturated carbocycles. The molecule has 0 fully saturated rings. The maximum Gasteiger partial charge on any atom is 0.360 e. The number of esters is 1. The summed E-state index contributed by atoms with van der Waals surface area (Å²) in [5.41, 5.74) is 1.27. The first kappa shape index (κ1) is 15.6. The Kier molecular flexibility index (Phi) is 4.37. The molecule has 0 atom stereocenters. The van der Waals surface area contributed by atoms with E-state index in [0.717, 1.165) is 5.56 Å². The summed E-state index contributed by atoms with van der Waals surface area (Å²) in [7, 11) is 1.28. The van der Waals surface area contributed by atoms with Gasteiger partial charge in [-0.25, -0.2) is 9.78 Å². The summed E-state index contributed by atoms with van der Waals surface area (Å²) >= 11 is 12.3. The maximum atomic E-state index is 12.0. The number of aromatic nitrogens is 1. The highest BCUT2D eigenvalue weighted by molar-refractivity contribution is 6.43. The number of oxazole rings is 1. The number of carbonyl (C=O) groups is 1. The Morgan fingerprint density at radius 1 is 1.09 bits per heavy atom. The summed E-state index contributed by atoms with van der Waals surface area (Å²) in [6.45, 7) is 0. The van der Waals surface area contributed by atoms with Gasteiger partial charge in [-0.1, -0.05) is 47.5 Å². The van der Waals surface area contributed by atoms with Crippen molar-refractivity contribution in [3.05, 3.63) is 64.3 Å². The summed E-state index contributed by atoms with van der Waals surface area (Å²) in [4.78, 5) is 16.3. The Bertz CT molecular complexity index is 860. The van der Waals surface area contributed by atoms with E-state index in [1.807, 2.05) is 30.3 Å². The quantitative estimate of drug-likeness (QED) is 0.618. The molecule has 0 aliphatic carbocycles. The topological polar surface area (TPSA) is 52.3 Å². The lowest BCUT2D eigenvalue weighted by Gasteiger charge is -2.03. The third-order valence-corrected chi connectivity index (χ3v) is 4.04. The van der Waals surface area contributed by atoms with E-state index in [2.05, 4.69) is 4.98 Å². The third kappa shape index (κ3) is 2.96. The zero-order valence-corrected chi connectivity index (χ0v) is 13.6. The number of rotatable bonds is 3. The van der Waals surface area contributed by atoms with Crippen molar-refractivity contribution < 1.29 is 13.9 Å². The molecule has 0 radical (unpaired) electrons. The number of halogens is 2. The zero-order chi connectivity index (χ0) is 16.4. The van der Waals surface area contributed by atoms with E-state index in [1.165, 1.54) is 7.11 Å². The molecule has 0 N–H and O–H groups in total. The van der Waals surface area contributed by atoms with Gasteiger partial charge in [0.15, 0.2) is 11.5 Å². The highest BCUT2D eigenvalue weighted by Gasteiger charge is 2.24. The van der Waals surface area contributed by atoms with Crippen molar-refractivity contribution in [1.82, 2.24) is 4.98 Å². The Morgan fingerprint density at radius 2 is 1.83 bits per heavy atom. The van der Waals surface area contributed by atoms with Crippen LogP contribution < -0.4 is 0 Å². The van der Waals surface area contributed by atoms with Gasteiger partial charge in [-0.3, -0.25) is 0 Å². The number of nitrogens with zero attached hydrogens (tertiary/aromatic N) is 1. The lowest BCUT2D eigenvalue weighted by atomic mass is 10.1. The number of hydrogen-bond donors (Lipinski definition) is 0. The summed E-state index contributed by atoms with van der Waals surface area (Å²) in [6, 6.07) is 14.3. The first-order chi connectivity index (χ1) is 11.1. The van der Waals surface area contributed by atoms with Crippen LogP contribution in [0.2, 0.25) is 10.0 Å². The van der Waals surface area contributed by atoms with E-state index in [9.17, 15) is 4.79 Å². The lowest BCUT2D eigenvalue weighted by Crippen LogP contribution is -2.03. The molecule has 4 nitrogen and oxygen atoms in total. The van der Waals surface area contributed by atoms with Crippen molar-refractivity contribution >= 4 is 29.2 Å². The predicted octanol–water partition coefficient (Wildman–Crippen LogP) is 5.10. The van der Waals surface area contributed by atoms with Crippen molar-refractivity contribution in [2.24, 2.45) is 0 Å². The van der Waals surface area contributed by atoms with Gasteiger partial charge >= 0.3 is 5.97 Å². The highest BCUT2D eigenvalue weighted by atomic mass is 35.5. The van der Waals surface area contributed by atoms with Gasteiger partial charge < -0.3 is 9.15 Å². The molecular weight excluding hydrogens is 337 g/mol. The molecule has 0 spiro atoms. The van der Waals surface area contributed by atoms with Gasteiger partial charge in [0.1, 0.15) is 0 Å². The molecule has 0 aliphatic heterocycles. The number of carbonyl (C=O) groups excluding carboxylic acids is 1. The molecule has 0 saturated heterocycles. The van der Waals surface area contributed by atoms with Crippen LogP contribution >= 0.6 is 23.2 Å². The number of methoxy groups -OCH3 is 1. The molecule has 3 rings (SSSR count). The Morgan fingerprint density at radius 3 is 2.52 bits per heavy atom. The Labute approximate surface area is 142 Å². The van der Waals surface area contributed by atoms with Crippen molar-refractivity contribution in [2.45, 2.75) is 0 Å². The Hall–Kier alpha value is -2.30. The van der Waals surface area contributed by atoms with Crippen LogP contribution in [0.4, 0.5) is 0 Å². The summed E-state index contributed by atoms with van der Waals surface area (Å²) in [5.74, 6) is -0.0813. The van der Waals surface area contributed by atoms with Crippen LogP contribution in [0.5, 0.6) is 0 Å². The molecule has 0 unspecified atom stereocenters. The highest BCUT2D eigenvalue weighted by Crippen LogP contribution is 2.37. The van der Waals surface area contributed by atoms with Gasteiger partial charge in [0.05, 0.1) is 17.2 Å². The van der Waals surface area contributed by atoms with Crippen LogP contribution in [0.25, 0.3) is 22.8 Å². The van der Waals surface area contributed by atoms with E-state index in [1.54, 1.807) is 18.2 Å². The van der Waals surface area contributed by atoms with Crippen molar-refractivity contribution in [3.8, 4) is 22.8 Å². The van der Waals surface area contributed by atoms with Crippen LogP contribution in [0.15, 0.2) is 52.9 Å². The molecule has 116 valence electrons. The number of ether oxygens (including phenoxy) is 1. The van der Waals surface area contributed by atoms with Crippen LogP contribution in [-0.2, 0) is 4.74 Å². The molecule has 6 heteroatoms. The standard InChI is InChI=1S/C17H11Cl2NO3/c1-22-17(21)14-15(11-8-5-9-12(18)13(11)19)23-16(20-14)10-6-3-2-4-7-10/h2-9H,1H3. The average molecular weight is 348 g/mol. The lowest BCUT2D eigenvalue weighted by molar-refractivity contribution is 0.0595. The molecule has 2 aromatic carbocycles. The van der Waals surface area contributed by atoms with E-state index >= 15 is 0 Å². The van der Waals surface area contributed by atoms with Crippen LogP contribution in [0.1, 0.15) is 10.5 Å². The number of benzene rings is 2. The summed E-state index contributed by atoms with van der Waals surface area (Å²) < 4.78 is 10.6. The van der Waals surface area contributed by atoms with E-state index < -0.39 is 5.97 Å². The summed E-state index contributed by atoms with van der Waals surface area (Å²) in [6.07, 6.45) is 0. The van der Waals surface area contributed by atoms with Gasteiger partial charge in [0.25, 0.3) is 0 Å². The Balaban J connectivity index is 2.21. The largest absolute Gasteiger partial charge is 0.464 e. The van der Waals surface area contributed by atoms with Gasteiger partial charge in [-0.15, -0.1) is 0 Å². The molecule has 0 aliphatic rings. The smallest absolute Gasteiger partial charge is 0.360 e. The molecule has 23 heavy (non-hydrogen) atoms. The van der Waals surface area contributed by atoms with E-state index in [4.69, 9.17) is 32.4 Å². The second-order valence-electron chi connectivity index (χ2n) is 4.66. The average Bonchev–Trinajstić information content (AvgIpc) is 3.02. The van der Waals surface area contributed by atoms with Gasteiger partial charge in [0.2, 0.25) is 5.89 Å². The molecule has 1 heterocycles. The minimum atomic E-state index is -0.609. The van der Waals surface area contributed by atoms with Crippen molar-refractivity contribution in [2.75, 3.05) is 7.11 Å². The predicted molar refractivity (Wildman–Crippen MR) is 88.7 cm³/mol. The van der Waals surface area contributed by atoms with Crippen molar-refractivity contribution in [3.63, 3.8) is 0 Å². The SMILES string of the molecule is COC(=O)c1nc(-c2ccccc2)oc1-c1cccc(Cl)c1Cl. The van der Waals surface area contributed by atoms with Crippen LogP contribution in [0.3, 0.4) is 0 Å². The van der Waals surface area contributed by atoms with Crippen LogP contribution in [-0.4, -0.2) is 18.1 Å². The van der Waals surface area contributed by atoms with E-state index in [0.29, 0.717) is 16.5 Å². The first-order valence-electron chi connectivity index (χ1n) is 6.70. The third-order valence-electron chi connectivity index (χ3n) is 3.22. The number of hydrogen-bond acceptors (Lipinski definition) is 4. The minimum absolute atomic E-state index is 0.0514. The van der Waals surface area contributed by atoms with Crippen molar-refractivity contribution in [1.29, 1.82) is 0 Å². The fourth-order valence-corrected chi connectivity index (χ4v) is 2.51. The molecule has 0 amide bonds. The molecule has 3 aromatic rings. The molecular formula is C17H11Cl2NO3. The minimum Gasteiger partial charge on any atom is -0.464 e.